The van der Waals surface area contributed by atoms with Gasteiger partial charge in [-0.1, -0.05) is 5.21 Å². The molecule has 1 aromatic carbocycles. The molecule has 0 aliphatic heterocycles. The van der Waals surface area contributed by atoms with Gasteiger partial charge < -0.3 is 15.5 Å². The van der Waals surface area contributed by atoms with Crippen molar-refractivity contribution in [1.82, 2.24) is 25.0 Å². The topological polar surface area (TPSA) is 109 Å². The molecule has 3 aromatic rings. The summed E-state index contributed by atoms with van der Waals surface area (Å²) in [5.74, 6) is 0.0654. The molecule has 0 fully saturated rings. The van der Waals surface area contributed by atoms with Crippen molar-refractivity contribution >= 4 is 11.6 Å². The van der Waals surface area contributed by atoms with Gasteiger partial charge in [0.1, 0.15) is 17.0 Å². The molecule has 0 aliphatic rings. The standard InChI is InChI=1S/C19H22F2N6O2/c1-11-6-13(16-9-27(26-25-16)12(2)19(3,29)10-28)8-14(7-11)23-18-22-5-4-15(24-18)17(20)21/h4-9,12,17,28-29H,10H2,1-3H3,(H,22,23,24)/t12-,19+/m1/s1. The summed E-state index contributed by atoms with van der Waals surface area (Å²) in [5.41, 5.74) is 1.09. The zero-order valence-electron chi connectivity index (χ0n) is 16.2. The van der Waals surface area contributed by atoms with Gasteiger partial charge in [-0.25, -0.2) is 23.4 Å². The fourth-order valence-electron chi connectivity index (χ4n) is 2.70. The van der Waals surface area contributed by atoms with Crippen molar-refractivity contribution in [2.24, 2.45) is 0 Å². The summed E-state index contributed by atoms with van der Waals surface area (Å²) in [5, 5.41) is 30.7. The van der Waals surface area contributed by atoms with E-state index in [0.29, 0.717) is 11.4 Å². The largest absolute Gasteiger partial charge is 0.393 e. The van der Waals surface area contributed by atoms with Crippen LogP contribution in [0.2, 0.25) is 0 Å². The second-order valence-corrected chi connectivity index (χ2v) is 7.09. The Labute approximate surface area is 166 Å². The Balaban J connectivity index is 1.87. The molecule has 0 radical (unpaired) electrons. The average molecular weight is 404 g/mol. The molecule has 2 heterocycles. The number of aliphatic hydroxyl groups excluding tert-OH is 1. The highest BCUT2D eigenvalue weighted by Crippen LogP contribution is 2.27. The third kappa shape index (κ3) is 4.72. The molecule has 2 atom stereocenters. The van der Waals surface area contributed by atoms with Gasteiger partial charge in [-0.15, -0.1) is 5.10 Å². The zero-order chi connectivity index (χ0) is 21.2. The third-order valence-corrected chi connectivity index (χ3v) is 4.66. The van der Waals surface area contributed by atoms with Gasteiger partial charge in [-0.2, -0.15) is 0 Å². The number of halogens is 2. The molecule has 3 rings (SSSR count). The van der Waals surface area contributed by atoms with Crippen LogP contribution in [0.3, 0.4) is 0 Å². The van der Waals surface area contributed by atoms with Crippen LogP contribution < -0.4 is 5.32 Å². The van der Waals surface area contributed by atoms with Crippen LogP contribution in [0.15, 0.2) is 36.7 Å². The monoisotopic (exact) mass is 404 g/mol. The maximum absolute atomic E-state index is 12.8. The van der Waals surface area contributed by atoms with E-state index >= 15 is 0 Å². The van der Waals surface area contributed by atoms with Crippen LogP contribution in [0.1, 0.15) is 37.6 Å². The van der Waals surface area contributed by atoms with Gasteiger partial charge in [0.2, 0.25) is 5.95 Å². The highest BCUT2D eigenvalue weighted by molar-refractivity contribution is 5.68. The summed E-state index contributed by atoms with van der Waals surface area (Å²) in [6.07, 6.45) is 0.259. The second-order valence-electron chi connectivity index (χ2n) is 7.09. The molecule has 0 unspecified atom stereocenters. The first-order valence-corrected chi connectivity index (χ1v) is 8.95. The fourth-order valence-corrected chi connectivity index (χ4v) is 2.70. The van der Waals surface area contributed by atoms with Crippen molar-refractivity contribution in [1.29, 1.82) is 0 Å². The lowest BCUT2D eigenvalue weighted by Crippen LogP contribution is -2.38. The quantitative estimate of drug-likeness (QED) is 0.555. The van der Waals surface area contributed by atoms with Gasteiger partial charge in [0.05, 0.1) is 18.8 Å². The normalized spacial score (nSPS) is 14.6. The van der Waals surface area contributed by atoms with E-state index < -0.39 is 24.7 Å². The van der Waals surface area contributed by atoms with E-state index in [9.17, 15) is 19.0 Å². The molecule has 0 spiro atoms. The van der Waals surface area contributed by atoms with Crippen LogP contribution in [0.5, 0.6) is 0 Å². The van der Waals surface area contributed by atoms with Crippen LogP contribution in [0.25, 0.3) is 11.3 Å². The summed E-state index contributed by atoms with van der Waals surface area (Å²) < 4.78 is 27.2. The highest BCUT2D eigenvalue weighted by Gasteiger charge is 2.30. The first kappa shape index (κ1) is 20.7. The van der Waals surface area contributed by atoms with Crippen molar-refractivity contribution in [3.05, 3.63) is 47.9 Å². The number of alkyl halides is 2. The maximum atomic E-state index is 12.8. The summed E-state index contributed by atoms with van der Waals surface area (Å²) in [6, 6.07) is 6.16. The van der Waals surface area contributed by atoms with E-state index in [1.807, 2.05) is 19.1 Å². The van der Waals surface area contributed by atoms with Gasteiger partial charge in [-0.05, 0) is 50.6 Å². The summed E-state index contributed by atoms with van der Waals surface area (Å²) >= 11 is 0. The molecule has 154 valence electrons. The molecular formula is C19H22F2N6O2. The van der Waals surface area contributed by atoms with Gasteiger partial charge in [0.15, 0.2) is 0 Å². The summed E-state index contributed by atoms with van der Waals surface area (Å²) in [6.45, 7) is 4.71. The minimum Gasteiger partial charge on any atom is -0.393 e. The first-order chi connectivity index (χ1) is 13.7. The Morgan fingerprint density at radius 1 is 1.28 bits per heavy atom. The maximum Gasteiger partial charge on any atom is 0.280 e. The molecule has 0 saturated carbocycles. The lowest BCUT2D eigenvalue weighted by atomic mass is 9.99. The smallest absolute Gasteiger partial charge is 0.280 e. The van der Waals surface area contributed by atoms with Gasteiger partial charge in [0.25, 0.3) is 6.43 Å². The lowest BCUT2D eigenvalue weighted by Gasteiger charge is -2.27. The predicted octanol–water partition coefficient (Wildman–Crippen LogP) is 3.03. The SMILES string of the molecule is Cc1cc(Nc2nccc(C(F)F)n2)cc(-c2cn([C@H](C)[C@@](C)(O)CO)nn2)c1. The van der Waals surface area contributed by atoms with Gasteiger partial charge in [0, 0.05) is 17.4 Å². The molecule has 2 aromatic heterocycles. The van der Waals surface area contributed by atoms with Crippen molar-refractivity contribution in [3.8, 4) is 11.3 Å². The molecule has 0 aliphatic carbocycles. The van der Waals surface area contributed by atoms with Crippen LogP contribution in [-0.4, -0.2) is 47.4 Å². The molecule has 10 heteroatoms. The van der Waals surface area contributed by atoms with E-state index in [2.05, 4.69) is 25.6 Å². The number of aryl methyl sites for hydroxylation is 1. The van der Waals surface area contributed by atoms with Crippen molar-refractivity contribution < 1.29 is 19.0 Å². The van der Waals surface area contributed by atoms with Crippen LogP contribution in [0, 0.1) is 6.92 Å². The minimum atomic E-state index is -2.68. The molecule has 0 bridgehead atoms. The lowest BCUT2D eigenvalue weighted by molar-refractivity contribution is -0.0393. The number of benzene rings is 1. The van der Waals surface area contributed by atoms with E-state index in [1.165, 1.54) is 17.8 Å². The number of hydrogen-bond donors (Lipinski definition) is 3. The van der Waals surface area contributed by atoms with Crippen molar-refractivity contribution in [3.63, 3.8) is 0 Å². The zero-order valence-corrected chi connectivity index (χ0v) is 16.2. The Morgan fingerprint density at radius 3 is 2.72 bits per heavy atom. The summed E-state index contributed by atoms with van der Waals surface area (Å²) in [7, 11) is 0. The number of aromatic nitrogens is 5. The second kappa shape index (κ2) is 8.18. The molecule has 0 amide bonds. The van der Waals surface area contributed by atoms with E-state index in [0.717, 1.165) is 17.2 Å². The number of rotatable bonds is 7. The Bertz CT molecular complexity index is 992. The molecular weight excluding hydrogens is 382 g/mol. The Hall–Kier alpha value is -2.98. The Morgan fingerprint density at radius 2 is 2.03 bits per heavy atom. The van der Waals surface area contributed by atoms with Gasteiger partial charge in [-0.3, -0.25) is 0 Å². The van der Waals surface area contributed by atoms with E-state index in [1.54, 1.807) is 19.2 Å². The van der Waals surface area contributed by atoms with Crippen LogP contribution in [0.4, 0.5) is 20.4 Å². The van der Waals surface area contributed by atoms with Crippen molar-refractivity contribution in [2.45, 2.75) is 38.8 Å². The summed E-state index contributed by atoms with van der Waals surface area (Å²) in [4.78, 5) is 7.78. The Kier molecular flexibility index (Phi) is 5.85. The number of nitrogens with zero attached hydrogens (tertiary/aromatic N) is 5. The molecule has 8 nitrogen and oxygen atoms in total. The van der Waals surface area contributed by atoms with Gasteiger partial charge >= 0.3 is 0 Å². The number of aliphatic hydroxyl groups is 2. The van der Waals surface area contributed by atoms with E-state index in [4.69, 9.17) is 0 Å². The molecule has 3 N–H and O–H groups in total. The minimum absolute atomic E-state index is 0.0654. The van der Waals surface area contributed by atoms with Crippen LogP contribution >= 0.6 is 0 Å². The first-order valence-electron chi connectivity index (χ1n) is 8.95. The van der Waals surface area contributed by atoms with E-state index in [-0.39, 0.29) is 11.6 Å². The molecule has 29 heavy (non-hydrogen) atoms. The highest BCUT2D eigenvalue weighted by atomic mass is 19.3. The number of hydrogen-bond acceptors (Lipinski definition) is 7. The average Bonchev–Trinajstić information content (AvgIpc) is 3.17. The fraction of sp³-hybridized carbons (Fsp3) is 0.368. The van der Waals surface area contributed by atoms with Crippen molar-refractivity contribution in [2.75, 3.05) is 11.9 Å². The number of anilines is 2. The number of nitrogens with one attached hydrogen (secondary N) is 1. The molecule has 0 saturated heterocycles. The van der Waals surface area contributed by atoms with Crippen LogP contribution in [-0.2, 0) is 0 Å². The predicted molar refractivity (Wildman–Crippen MR) is 103 cm³/mol. The third-order valence-electron chi connectivity index (χ3n) is 4.66.